The number of hydrogen-bond acceptors (Lipinski definition) is 4. The number of aryl methyl sites for hydroxylation is 2. The third-order valence-corrected chi connectivity index (χ3v) is 4.15. The van der Waals surface area contributed by atoms with Gasteiger partial charge in [-0.1, -0.05) is 0 Å². The van der Waals surface area contributed by atoms with E-state index in [4.69, 9.17) is 9.47 Å². The van der Waals surface area contributed by atoms with Crippen molar-refractivity contribution in [3.8, 4) is 11.5 Å². The van der Waals surface area contributed by atoms with Crippen LogP contribution in [-0.2, 0) is 0 Å². The second kappa shape index (κ2) is 4.98. The molecule has 0 atom stereocenters. The molecule has 2 aromatic rings. The Bertz CT molecular complexity index is 750. The molecule has 0 amide bonds. The van der Waals surface area contributed by atoms with Gasteiger partial charge in [0, 0.05) is 11.1 Å². The Hall–Kier alpha value is -2.62. The van der Waals surface area contributed by atoms with Crippen molar-refractivity contribution in [1.82, 2.24) is 0 Å². The fraction of sp³-hybridized carbons (Fsp3) is 0.222. The van der Waals surface area contributed by atoms with Crippen LogP contribution in [-0.4, -0.2) is 25.8 Å². The van der Waals surface area contributed by atoms with E-state index in [-0.39, 0.29) is 22.7 Å². The summed E-state index contributed by atoms with van der Waals surface area (Å²) in [6, 6.07) is 6.84. The molecular weight excluding hydrogens is 280 g/mol. The smallest absolute Gasteiger partial charge is 0.198 e. The van der Waals surface area contributed by atoms with Crippen LogP contribution in [0.4, 0.5) is 0 Å². The van der Waals surface area contributed by atoms with Crippen LogP contribution in [0.1, 0.15) is 43.0 Å². The summed E-state index contributed by atoms with van der Waals surface area (Å²) in [5, 5.41) is 0. The van der Waals surface area contributed by atoms with E-state index in [9.17, 15) is 9.59 Å². The van der Waals surface area contributed by atoms with Gasteiger partial charge in [0.05, 0.1) is 25.3 Å². The summed E-state index contributed by atoms with van der Waals surface area (Å²) < 4.78 is 10.5. The zero-order chi connectivity index (χ0) is 16.0. The van der Waals surface area contributed by atoms with Gasteiger partial charge in [-0.25, -0.2) is 0 Å². The third kappa shape index (κ3) is 1.84. The first-order chi connectivity index (χ1) is 10.5. The number of fused-ring (bicyclic) bond motifs is 2. The van der Waals surface area contributed by atoms with E-state index in [1.165, 1.54) is 14.2 Å². The monoisotopic (exact) mass is 296 g/mol. The second-order valence-electron chi connectivity index (χ2n) is 5.36. The van der Waals surface area contributed by atoms with Crippen LogP contribution >= 0.6 is 0 Å². The molecule has 0 N–H and O–H groups in total. The first-order valence-corrected chi connectivity index (χ1v) is 6.95. The highest BCUT2D eigenvalue weighted by molar-refractivity contribution is 6.30. The fourth-order valence-corrected chi connectivity index (χ4v) is 2.82. The summed E-state index contributed by atoms with van der Waals surface area (Å²) in [6.07, 6.45) is 0. The van der Waals surface area contributed by atoms with Crippen LogP contribution in [0.2, 0.25) is 0 Å². The SMILES string of the molecule is COc1ccc(OC)c2c1C(=O)c1cc(C)c(C)cc1C2=O. The average molecular weight is 296 g/mol. The molecule has 0 bridgehead atoms. The molecule has 2 aromatic carbocycles. The molecule has 22 heavy (non-hydrogen) atoms. The zero-order valence-corrected chi connectivity index (χ0v) is 12.9. The Balaban J connectivity index is 2.37. The van der Waals surface area contributed by atoms with E-state index in [0.29, 0.717) is 22.6 Å². The van der Waals surface area contributed by atoms with Gasteiger partial charge in [0.25, 0.3) is 0 Å². The molecular formula is C18H16O4. The van der Waals surface area contributed by atoms with Crippen molar-refractivity contribution in [3.05, 3.63) is 57.6 Å². The number of rotatable bonds is 2. The molecule has 0 saturated heterocycles. The molecule has 0 heterocycles. The molecule has 0 saturated carbocycles. The molecule has 4 nitrogen and oxygen atoms in total. The largest absolute Gasteiger partial charge is 0.496 e. The Morgan fingerprint density at radius 2 is 1.09 bits per heavy atom. The lowest BCUT2D eigenvalue weighted by atomic mass is 9.81. The lowest BCUT2D eigenvalue weighted by Gasteiger charge is -2.22. The van der Waals surface area contributed by atoms with Crippen molar-refractivity contribution in [2.45, 2.75) is 13.8 Å². The molecule has 4 heteroatoms. The predicted molar refractivity (Wildman–Crippen MR) is 82.3 cm³/mol. The summed E-state index contributed by atoms with van der Waals surface area (Å²) in [7, 11) is 2.96. The van der Waals surface area contributed by atoms with Crippen molar-refractivity contribution < 1.29 is 19.1 Å². The van der Waals surface area contributed by atoms with Gasteiger partial charge in [0.2, 0.25) is 0 Å². The van der Waals surface area contributed by atoms with E-state index in [1.54, 1.807) is 24.3 Å². The van der Waals surface area contributed by atoms with Crippen molar-refractivity contribution in [1.29, 1.82) is 0 Å². The van der Waals surface area contributed by atoms with Crippen molar-refractivity contribution in [2.24, 2.45) is 0 Å². The van der Waals surface area contributed by atoms with E-state index in [2.05, 4.69) is 0 Å². The Kier molecular flexibility index (Phi) is 3.24. The molecule has 0 radical (unpaired) electrons. The van der Waals surface area contributed by atoms with Gasteiger partial charge >= 0.3 is 0 Å². The maximum Gasteiger partial charge on any atom is 0.198 e. The fourth-order valence-electron chi connectivity index (χ4n) is 2.82. The zero-order valence-electron chi connectivity index (χ0n) is 12.9. The number of ketones is 2. The van der Waals surface area contributed by atoms with Gasteiger partial charge in [-0.05, 0) is 49.2 Å². The summed E-state index contributed by atoms with van der Waals surface area (Å²) in [6.45, 7) is 3.84. The summed E-state index contributed by atoms with van der Waals surface area (Å²) >= 11 is 0. The number of benzene rings is 2. The van der Waals surface area contributed by atoms with E-state index < -0.39 is 0 Å². The predicted octanol–water partition coefficient (Wildman–Crippen LogP) is 3.10. The van der Waals surface area contributed by atoms with Crippen LogP contribution in [0, 0.1) is 13.8 Å². The van der Waals surface area contributed by atoms with Gasteiger partial charge in [-0.2, -0.15) is 0 Å². The number of carbonyl (C=O) groups excluding carboxylic acids is 2. The Morgan fingerprint density at radius 3 is 1.41 bits per heavy atom. The van der Waals surface area contributed by atoms with Crippen LogP contribution in [0.3, 0.4) is 0 Å². The van der Waals surface area contributed by atoms with E-state index in [0.717, 1.165) is 11.1 Å². The molecule has 1 aliphatic carbocycles. The van der Waals surface area contributed by atoms with Crippen LogP contribution in [0.25, 0.3) is 0 Å². The minimum atomic E-state index is -0.205. The maximum absolute atomic E-state index is 12.9. The lowest BCUT2D eigenvalue weighted by molar-refractivity contribution is 0.0973. The highest BCUT2D eigenvalue weighted by Gasteiger charge is 2.35. The molecule has 0 spiro atoms. The summed E-state index contributed by atoms with van der Waals surface area (Å²) in [5.74, 6) is 0.364. The average Bonchev–Trinajstić information content (AvgIpc) is 2.53. The molecule has 0 unspecified atom stereocenters. The number of carbonyl (C=O) groups is 2. The standard InChI is InChI=1S/C18H16O4/c1-9-7-11-12(8-10(9)2)18(20)16-14(22-4)6-5-13(21-3)15(16)17(11)19/h5-8H,1-4H3. The Labute approximate surface area is 128 Å². The van der Waals surface area contributed by atoms with Crippen LogP contribution in [0.15, 0.2) is 24.3 Å². The molecule has 1 aliphatic rings. The summed E-state index contributed by atoms with van der Waals surface area (Å²) in [4.78, 5) is 25.8. The quantitative estimate of drug-likeness (QED) is 0.729. The summed E-state index contributed by atoms with van der Waals surface area (Å²) in [5.41, 5.74) is 3.36. The molecule has 0 aromatic heterocycles. The lowest BCUT2D eigenvalue weighted by Crippen LogP contribution is -2.23. The Morgan fingerprint density at radius 1 is 0.727 bits per heavy atom. The first-order valence-electron chi connectivity index (χ1n) is 6.95. The van der Waals surface area contributed by atoms with Crippen LogP contribution < -0.4 is 9.47 Å². The van der Waals surface area contributed by atoms with Gasteiger partial charge in [0.15, 0.2) is 11.6 Å². The van der Waals surface area contributed by atoms with Gasteiger partial charge < -0.3 is 9.47 Å². The normalized spacial score (nSPS) is 12.7. The van der Waals surface area contributed by atoms with Gasteiger partial charge in [-0.3, -0.25) is 9.59 Å². The van der Waals surface area contributed by atoms with Crippen molar-refractivity contribution in [3.63, 3.8) is 0 Å². The van der Waals surface area contributed by atoms with Crippen molar-refractivity contribution >= 4 is 11.6 Å². The molecule has 3 rings (SSSR count). The van der Waals surface area contributed by atoms with Crippen molar-refractivity contribution in [2.75, 3.05) is 14.2 Å². The maximum atomic E-state index is 12.9. The van der Waals surface area contributed by atoms with Gasteiger partial charge in [0.1, 0.15) is 11.5 Å². The highest BCUT2D eigenvalue weighted by Crippen LogP contribution is 2.39. The first kappa shape index (κ1) is 14.3. The second-order valence-corrected chi connectivity index (χ2v) is 5.36. The third-order valence-electron chi connectivity index (χ3n) is 4.15. The minimum Gasteiger partial charge on any atom is -0.496 e. The number of methoxy groups -OCH3 is 2. The molecule has 0 fully saturated rings. The molecule has 0 aliphatic heterocycles. The molecule has 112 valence electrons. The number of ether oxygens (including phenoxy) is 2. The minimum absolute atomic E-state index is 0.205. The van der Waals surface area contributed by atoms with E-state index in [1.807, 2.05) is 13.8 Å². The number of hydrogen-bond donors (Lipinski definition) is 0. The topological polar surface area (TPSA) is 52.6 Å². The van der Waals surface area contributed by atoms with Gasteiger partial charge in [-0.15, -0.1) is 0 Å². The van der Waals surface area contributed by atoms with E-state index >= 15 is 0 Å². The highest BCUT2D eigenvalue weighted by atomic mass is 16.5. The van der Waals surface area contributed by atoms with Crippen LogP contribution in [0.5, 0.6) is 11.5 Å².